The van der Waals surface area contributed by atoms with Gasteiger partial charge in [-0.3, -0.25) is 9.89 Å². The van der Waals surface area contributed by atoms with E-state index < -0.39 is 0 Å². The van der Waals surface area contributed by atoms with Crippen molar-refractivity contribution in [2.45, 2.75) is 33.4 Å². The lowest BCUT2D eigenvalue weighted by atomic mass is 10.2. The summed E-state index contributed by atoms with van der Waals surface area (Å²) in [5, 5.41) is 6.74. The van der Waals surface area contributed by atoms with E-state index in [0.29, 0.717) is 18.5 Å². The number of rotatable bonds is 6. The second-order valence-electron chi connectivity index (χ2n) is 6.67. The van der Waals surface area contributed by atoms with Crippen molar-refractivity contribution in [3.05, 3.63) is 39.2 Å². The Balaban J connectivity index is 1.60. The molecule has 0 spiro atoms. The van der Waals surface area contributed by atoms with E-state index in [0.717, 1.165) is 50.3 Å². The summed E-state index contributed by atoms with van der Waals surface area (Å²) in [6.45, 7) is 10.8. The molecule has 3 heterocycles. The summed E-state index contributed by atoms with van der Waals surface area (Å²) in [6, 6.07) is 4.72. The molecule has 0 aliphatic carbocycles. The molecular weight excluding hydrogens is 362 g/mol. The van der Waals surface area contributed by atoms with Crippen LogP contribution < -0.4 is 10.6 Å². The fourth-order valence-corrected chi connectivity index (χ4v) is 4.13. The van der Waals surface area contributed by atoms with Crippen LogP contribution in [-0.4, -0.2) is 55.7 Å². The van der Waals surface area contributed by atoms with E-state index in [4.69, 9.17) is 9.15 Å². The van der Waals surface area contributed by atoms with Crippen LogP contribution in [0.25, 0.3) is 0 Å². The SMILES string of the molecule is CN=C(NCc1nc(C)c(C)o1)NCC(c1ccc(C)s1)N1CCOCC1. The molecule has 2 aromatic heterocycles. The summed E-state index contributed by atoms with van der Waals surface area (Å²) in [6.07, 6.45) is 0. The predicted molar refractivity (Wildman–Crippen MR) is 108 cm³/mol. The molecule has 27 heavy (non-hydrogen) atoms. The lowest BCUT2D eigenvalue weighted by Gasteiger charge is -2.34. The van der Waals surface area contributed by atoms with Gasteiger partial charge in [-0.25, -0.2) is 4.98 Å². The van der Waals surface area contributed by atoms with Gasteiger partial charge in [0.15, 0.2) is 5.96 Å². The number of hydrogen-bond donors (Lipinski definition) is 2. The van der Waals surface area contributed by atoms with Crippen molar-refractivity contribution < 1.29 is 9.15 Å². The maximum absolute atomic E-state index is 5.63. The Labute approximate surface area is 164 Å². The number of nitrogens with one attached hydrogen (secondary N) is 2. The van der Waals surface area contributed by atoms with E-state index in [2.05, 4.69) is 44.6 Å². The average Bonchev–Trinajstić information content (AvgIpc) is 3.24. The van der Waals surface area contributed by atoms with Crippen LogP contribution in [0.4, 0.5) is 0 Å². The number of guanidine groups is 1. The largest absolute Gasteiger partial charge is 0.444 e. The lowest BCUT2D eigenvalue weighted by Crippen LogP contribution is -2.46. The zero-order valence-corrected chi connectivity index (χ0v) is 17.4. The van der Waals surface area contributed by atoms with E-state index >= 15 is 0 Å². The normalized spacial score (nSPS) is 17.1. The summed E-state index contributed by atoms with van der Waals surface area (Å²) in [4.78, 5) is 13.9. The molecule has 7 nitrogen and oxygen atoms in total. The van der Waals surface area contributed by atoms with Gasteiger partial charge in [-0.1, -0.05) is 0 Å². The first-order valence-electron chi connectivity index (χ1n) is 9.32. The number of aryl methyl sites for hydroxylation is 3. The summed E-state index contributed by atoms with van der Waals surface area (Å²) in [5.41, 5.74) is 0.926. The molecule has 1 fully saturated rings. The molecule has 3 rings (SSSR count). The number of oxazole rings is 1. The number of morpholine rings is 1. The first-order valence-corrected chi connectivity index (χ1v) is 10.1. The molecule has 148 valence electrons. The lowest BCUT2D eigenvalue weighted by molar-refractivity contribution is 0.0177. The Morgan fingerprint density at radius 1 is 1.26 bits per heavy atom. The fourth-order valence-electron chi connectivity index (χ4n) is 3.12. The van der Waals surface area contributed by atoms with E-state index in [9.17, 15) is 0 Å². The second-order valence-corrected chi connectivity index (χ2v) is 7.99. The van der Waals surface area contributed by atoms with Gasteiger partial charge in [-0.2, -0.15) is 0 Å². The van der Waals surface area contributed by atoms with Crippen molar-refractivity contribution >= 4 is 17.3 Å². The molecule has 0 aromatic carbocycles. The molecule has 1 aliphatic rings. The van der Waals surface area contributed by atoms with Gasteiger partial charge >= 0.3 is 0 Å². The summed E-state index contributed by atoms with van der Waals surface area (Å²) >= 11 is 1.86. The van der Waals surface area contributed by atoms with Gasteiger partial charge in [0.2, 0.25) is 5.89 Å². The van der Waals surface area contributed by atoms with Crippen molar-refractivity contribution in [2.75, 3.05) is 39.9 Å². The van der Waals surface area contributed by atoms with E-state index in [1.54, 1.807) is 7.05 Å². The molecule has 0 amide bonds. The highest BCUT2D eigenvalue weighted by atomic mass is 32.1. The molecule has 0 bridgehead atoms. The third kappa shape index (κ3) is 5.31. The number of aliphatic imine (C=N–C) groups is 1. The number of ether oxygens (including phenoxy) is 1. The summed E-state index contributed by atoms with van der Waals surface area (Å²) in [7, 11) is 1.78. The maximum Gasteiger partial charge on any atom is 0.214 e. The minimum Gasteiger partial charge on any atom is -0.444 e. The Morgan fingerprint density at radius 2 is 2.04 bits per heavy atom. The predicted octanol–water partition coefficient (Wildman–Crippen LogP) is 2.40. The summed E-state index contributed by atoms with van der Waals surface area (Å²) in [5.74, 6) is 2.27. The van der Waals surface area contributed by atoms with Crippen molar-refractivity contribution in [1.82, 2.24) is 20.5 Å². The topological polar surface area (TPSA) is 74.9 Å². The first kappa shape index (κ1) is 19.9. The highest BCUT2D eigenvalue weighted by Gasteiger charge is 2.24. The monoisotopic (exact) mass is 391 g/mol. The quantitative estimate of drug-likeness (QED) is 0.582. The van der Waals surface area contributed by atoms with Crippen LogP contribution in [0.3, 0.4) is 0 Å². The number of hydrogen-bond acceptors (Lipinski definition) is 6. The summed E-state index contributed by atoms with van der Waals surface area (Å²) < 4.78 is 11.1. The van der Waals surface area contributed by atoms with E-state index in [-0.39, 0.29) is 0 Å². The van der Waals surface area contributed by atoms with Crippen molar-refractivity contribution in [3.8, 4) is 0 Å². The third-order valence-corrected chi connectivity index (χ3v) is 5.84. The van der Waals surface area contributed by atoms with Gasteiger partial charge in [-0.15, -0.1) is 11.3 Å². The number of nitrogens with zero attached hydrogens (tertiary/aromatic N) is 3. The van der Waals surface area contributed by atoms with Crippen LogP contribution in [0.15, 0.2) is 21.5 Å². The van der Waals surface area contributed by atoms with Crippen LogP contribution in [0.5, 0.6) is 0 Å². The van der Waals surface area contributed by atoms with Crippen LogP contribution >= 0.6 is 11.3 Å². The highest BCUT2D eigenvalue weighted by molar-refractivity contribution is 7.12. The Morgan fingerprint density at radius 3 is 2.63 bits per heavy atom. The van der Waals surface area contributed by atoms with Crippen LogP contribution in [0, 0.1) is 20.8 Å². The average molecular weight is 392 g/mol. The molecular formula is C19H29N5O2S. The standard InChI is InChI=1S/C19H29N5O2S/c1-13-5-6-17(27-13)16(24-7-9-25-10-8-24)11-21-19(20-4)22-12-18-23-14(2)15(3)26-18/h5-6,16H,7-12H2,1-4H3,(H2,20,21,22). The zero-order valence-electron chi connectivity index (χ0n) is 16.5. The maximum atomic E-state index is 5.63. The molecule has 0 radical (unpaired) electrons. The Bertz CT molecular complexity index is 744. The number of thiophene rings is 1. The third-order valence-electron chi connectivity index (χ3n) is 4.74. The van der Waals surface area contributed by atoms with Crippen LogP contribution in [0.1, 0.15) is 33.1 Å². The van der Waals surface area contributed by atoms with Gasteiger partial charge in [0.1, 0.15) is 5.76 Å². The van der Waals surface area contributed by atoms with E-state index in [1.165, 1.54) is 9.75 Å². The Hall–Kier alpha value is -1.90. The van der Waals surface area contributed by atoms with Gasteiger partial charge < -0.3 is 19.8 Å². The molecule has 1 unspecified atom stereocenters. The Kier molecular flexibility index (Phi) is 6.87. The first-order chi connectivity index (χ1) is 13.1. The van der Waals surface area contributed by atoms with Gasteiger partial charge in [0, 0.05) is 36.4 Å². The molecule has 0 saturated carbocycles. The smallest absolute Gasteiger partial charge is 0.214 e. The number of aromatic nitrogens is 1. The van der Waals surface area contributed by atoms with Crippen LogP contribution in [0.2, 0.25) is 0 Å². The van der Waals surface area contributed by atoms with Gasteiger partial charge in [-0.05, 0) is 32.9 Å². The molecule has 2 N–H and O–H groups in total. The minimum atomic E-state index is 0.303. The zero-order chi connectivity index (χ0) is 19.2. The van der Waals surface area contributed by atoms with Crippen molar-refractivity contribution in [2.24, 2.45) is 4.99 Å². The van der Waals surface area contributed by atoms with Crippen LogP contribution in [-0.2, 0) is 11.3 Å². The molecule has 1 atom stereocenters. The van der Waals surface area contributed by atoms with Crippen molar-refractivity contribution in [1.29, 1.82) is 0 Å². The van der Waals surface area contributed by atoms with Gasteiger partial charge in [0.05, 0.1) is 31.5 Å². The molecule has 2 aromatic rings. The van der Waals surface area contributed by atoms with E-state index in [1.807, 2.05) is 25.2 Å². The fraction of sp³-hybridized carbons (Fsp3) is 0.579. The second kappa shape index (κ2) is 9.34. The molecule has 1 saturated heterocycles. The highest BCUT2D eigenvalue weighted by Crippen LogP contribution is 2.27. The molecule has 1 aliphatic heterocycles. The van der Waals surface area contributed by atoms with Gasteiger partial charge in [0.25, 0.3) is 0 Å². The minimum absolute atomic E-state index is 0.303. The molecule has 8 heteroatoms. The van der Waals surface area contributed by atoms with Crippen molar-refractivity contribution in [3.63, 3.8) is 0 Å².